The smallest absolute Gasteiger partial charge is 0.132 e. The van der Waals surface area contributed by atoms with E-state index in [0.717, 1.165) is 0 Å². The van der Waals surface area contributed by atoms with Crippen LogP contribution in [0.2, 0.25) is 5.02 Å². The van der Waals surface area contributed by atoms with Crippen LogP contribution in [0.5, 0.6) is 0 Å². The van der Waals surface area contributed by atoms with Gasteiger partial charge in [0.2, 0.25) is 0 Å². The summed E-state index contributed by atoms with van der Waals surface area (Å²) < 4.78 is 13.6. The molecule has 0 aromatic heterocycles. The second kappa shape index (κ2) is 6.28. The van der Waals surface area contributed by atoms with Crippen molar-refractivity contribution in [2.75, 3.05) is 6.54 Å². The van der Waals surface area contributed by atoms with Crippen LogP contribution in [0.25, 0.3) is 0 Å². The van der Waals surface area contributed by atoms with Crippen LogP contribution in [-0.2, 0) is 0 Å². The van der Waals surface area contributed by atoms with Crippen molar-refractivity contribution in [2.45, 2.75) is 19.4 Å². The van der Waals surface area contributed by atoms with Gasteiger partial charge in [0, 0.05) is 16.6 Å². The summed E-state index contributed by atoms with van der Waals surface area (Å²) in [5.74, 6) is -0.321. The third-order valence-corrected chi connectivity index (χ3v) is 2.50. The summed E-state index contributed by atoms with van der Waals surface area (Å²) in [5, 5.41) is 0.369. The number of rotatable bonds is 3. The minimum atomic E-state index is -0.424. The zero-order chi connectivity index (χ0) is 10.7. The highest BCUT2D eigenvalue weighted by Gasteiger charge is 2.16. The molecule has 1 aromatic carbocycles. The Morgan fingerprint density at radius 3 is 2.60 bits per heavy atom. The third-order valence-electron chi connectivity index (χ3n) is 2.17. The van der Waals surface area contributed by atoms with Gasteiger partial charge in [0.25, 0.3) is 0 Å². The normalized spacial score (nSPS) is 12.1. The average molecular weight is 253 g/mol. The second-order valence-corrected chi connectivity index (χ2v) is 3.68. The first-order valence-electron chi connectivity index (χ1n) is 4.48. The van der Waals surface area contributed by atoms with E-state index in [1.807, 2.05) is 0 Å². The summed E-state index contributed by atoms with van der Waals surface area (Å²) >= 11 is 5.87. The first kappa shape index (κ1) is 14.6. The van der Waals surface area contributed by atoms with Gasteiger partial charge < -0.3 is 11.5 Å². The number of hydrogen-bond acceptors (Lipinski definition) is 2. The van der Waals surface area contributed by atoms with Crippen LogP contribution in [0.3, 0.4) is 0 Å². The molecule has 2 nitrogen and oxygen atoms in total. The van der Waals surface area contributed by atoms with Crippen molar-refractivity contribution < 1.29 is 4.39 Å². The molecule has 0 saturated carbocycles. The van der Waals surface area contributed by atoms with E-state index in [9.17, 15) is 4.39 Å². The van der Waals surface area contributed by atoms with E-state index in [1.165, 1.54) is 0 Å². The SMILES string of the molecule is Cc1ccc(Cl)c([C@@H](N)CCN)c1F.Cl. The molecule has 0 aliphatic heterocycles. The van der Waals surface area contributed by atoms with Gasteiger partial charge in [0.1, 0.15) is 5.82 Å². The average Bonchev–Trinajstić information content (AvgIpc) is 2.13. The fraction of sp³-hybridized carbons (Fsp3) is 0.400. The molecule has 0 spiro atoms. The summed E-state index contributed by atoms with van der Waals surface area (Å²) in [4.78, 5) is 0. The van der Waals surface area contributed by atoms with Crippen molar-refractivity contribution in [2.24, 2.45) is 11.5 Å². The minimum Gasteiger partial charge on any atom is -0.330 e. The molecule has 0 fully saturated rings. The molecular weight excluding hydrogens is 238 g/mol. The van der Waals surface area contributed by atoms with Crippen molar-refractivity contribution in [1.29, 1.82) is 0 Å². The lowest BCUT2D eigenvalue weighted by Crippen LogP contribution is -2.17. The Hall–Kier alpha value is -0.350. The Bertz CT molecular complexity index is 331. The molecule has 0 radical (unpaired) electrons. The van der Waals surface area contributed by atoms with Crippen molar-refractivity contribution in [3.63, 3.8) is 0 Å². The number of aryl methyl sites for hydroxylation is 1. The van der Waals surface area contributed by atoms with E-state index in [4.69, 9.17) is 23.1 Å². The van der Waals surface area contributed by atoms with Crippen molar-refractivity contribution in [3.8, 4) is 0 Å². The molecule has 0 heterocycles. The van der Waals surface area contributed by atoms with Crippen LogP contribution in [-0.4, -0.2) is 6.54 Å². The summed E-state index contributed by atoms with van der Waals surface area (Å²) in [6, 6.07) is 2.87. The first-order chi connectivity index (χ1) is 6.57. The van der Waals surface area contributed by atoms with Gasteiger partial charge in [-0.2, -0.15) is 0 Å². The quantitative estimate of drug-likeness (QED) is 0.869. The zero-order valence-electron chi connectivity index (χ0n) is 8.47. The molecular formula is C10H15Cl2FN2. The Labute approximate surface area is 100 Å². The Morgan fingerprint density at radius 2 is 2.07 bits per heavy atom. The van der Waals surface area contributed by atoms with Gasteiger partial charge >= 0.3 is 0 Å². The lowest BCUT2D eigenvalue weighted by Gasteiger charge is -2.14. The molecule has 0 amide bonds. The van der Waals surface area contributed by atoms with E-state index < -0.39 is 6.04 Å². The van der Waals surface area contributed by atoms with Gasteiger partial charge in [-0.3, -0.25) is 0 Å². The van der Waals surface area contributed by atoms with Crippen molar-refractivity contribution >= 4 is 24.0 Å². The Balaban J connectivity index is 0.00000196. The first-order valence-corrected chi connectivity index (χ1v) is 4.86. The fourth-order valence-electron chi connectivity index (χ4n) is 1.34. The molecule has 4 N–H and O–H groups in total. The van der Waals surface area contributed by atoms with Crippen LogP contribution < -0.4 is 11.5 Å². The monoisotopic (exact) mass is 252 g/mol. The molecule has 15 heavy (non-hydrogen) atoms. The topological polar surface area (TPSA) is 52.0 Å². The molecule has 0 bridgehead atoms. The maximum atomic E-state index is 13.6. The third kappa shape index (κ3) is 3.31. The maximum absolute atomic E-state index is 13.6. The van der Waals surface area contributed by atoms with E-state index in [-0.39, 0.29) is 18.2 Å². The van der Waals surface area contributed by atoms with Crippen molar-refractivity contribution in [1.82, 2.24) is 0 Å². The fourth-order valence-corrected chi connectivity index (χ4v) is 1.63. The van der Waals surface area contributed by atoms with Crippen LogP contribution in [0.15, 0.2) is 12.1 Å². The van der Waals surface area contributed by atoms with Gasteiger partial charge in [-0.15, -0.1) is 12.4 Å². The van der Waals surface area contributed by atoms with Gasteiger partial charge in [0.05, 0.1) is 0 Å². The molecule has 1 atom stereocenters. The molecule has 0 unspecified atom stereocenters. The number of halogens is 3. The van der Waals surface area contributed by atoms with Gasteiger partial charge in [-0.05, 0) is 31.5 Å². The number of nitrogens with two attached hydrogens (primary N) is 2. The molecule has 86 valence electrons. The summed E-state index contributed by atoms with van der Waals surface area (Å²) in [7, 11) is 0. The highest BCUT2D eigenvalue weighted by molar-refractivity contribution is 6.31. The zero-order valence-corrected chi connectivity index (χ0v) is 10.0. The van der Waals surface area contributed by atoms with Gasteiger partial charge in [0.15, 0.2) is 0 Å². The molecule has 5 heteroatoms. The Kier molecular flexibility index (Phi) is 6.13. The number of hydrogen-bond donors (Lipinski definition) is 2. The van der Waals surface area contributed by atoms with E-state index >= 15 is 0 Å². The minimum absolute atomic E-state index is 0. The molecule has 0 aliphatic carbocycles. The maximum Gasteiger partial charge on any atom is 0.132 e. The largest absolute Gasteiger partial charge is 0.330 e. The lowest BCUT2D eigenvalue weighted by molar-refractivity contribution is 0.561. The summed E-state index contributed by atoms with van der Waals surface area (Å²) in [6.45, 7) is 2.11. The standard InChI is InChI=1S/C10H14ClFN2.ClH/c1-6-2-3-7(11)9(10(6)12)8(14)4-5-13;/h2-3,8H,4-5,13-14H2,1H3;1H/t8-;/m0./s1. The van der Waals surface area contributed by atoms with Crippen molar-refractivity contribution in [3.05, 3.63) is 34.1 Å². The van der Waals surface area contributed by atoms with Gasteiger partial charge in [-0.1, -0.05) is 17.7 Å². The van der Waals surface area contributed by atoms with E-state index in [2.05, 4.69) is 0 Å². The van der Waals surface area contributed by atoms with Gasteiger partial charge in [-0.25, -0.2) is 4.39 Å². The molecule has 1 rings (SSSR count). The van der Waals surface area contributed by atoms with Crippen LogP contribution in [0.4, 0.5) is 4.39 Å². The highest BCUT2D eigenvalue weighted by atomic mass is 35.5. The lowest BCUT2D eigenvalue weighted by atomic mass is 10.0. The van der Waals surface area contributed by atoms with Crippen LogP contribution >= 0.6 is 24.0 Å². The summed E-state index contributed by atoms with van der Waals surface area (Å²) in [6.07, 6.45) is 0.528. The predicted molar refractivity (Wildman–Crippen MR) is 64.0 cm³/mol. The van der Waals surface area contributed by atoms with Crippen LogP contribution in [0, 0.1) is 12.7 Å². The second-order valence-electron chi connectivity index (χ2n) is 3.28. The molecule has 1 aromatic rings. The highest BCUT2D eigenvalue weighted by Crippen LogP contribution is 2.27. The predicted octanol–water partition coefficient (Wildman–Crippen LogP) is 2.56. The van der Waals surface area contributed by atoms with Crippen LogP contribution in [0.1, 0.15) is 23.6 Å². The summed E-state index contributed by atoms with van der Waals surface area (Å²) in [5.41, 5.74) is 12.1. The van der Waals surface area contributed by atoms with E-state index in [0.29, 0.717) is 29.1 Å². The number of benzene rings is 1. The Morgan fingerprint density at radius 1 is 1.47 bits per heavy atom. The van der Waals surface area contributed by atoms with E-state index in [1.54, 1.807) is 19.1 Å². The molecule has 0 saturated heterocycles. The molecule has 0 aliphatic rings.